The number of rotatable bonds is 0. The Balaban J connectivity index is 0. The van der Waals surface area contributed by atoms with Crippen molar-refractivity contribution in [3.8, 4) is 0 Å². The van der Waals surface area contributed by atoms with Crippen molar-refractivity contribution >= 4 is 0 Å². The van der Waals surface area contributed by atoms with Crippen LogP contribution in [0.1, 0.15) is 4.28 Å². The third-order valence-electron chi connectivity index (χ3n) is 0. The molecule has 0 rings (SSSR count). The molecule has 0 N–H and O–H groups in total. The molecule has 0 aromatic carbocycles. The molecule has 0 spiro atoms. The van der Waals surface area contributed by atoms with Crippen LogP contribution < -0.4 is 88.7 Å². The molecular formula is H3MoNa3. The Kier molecular flexibility index (Phi) is 101. The molecule has 0 saturated carbocycles. The van der Waals surface area contributed by atoms with Crippen molar-refractivity contribution < 1.29 is 114 Å². The summed E-state index contributed by atoms with van der Waals surface area (Å²) in [6, 6.07) is 0. The molecule has 0 atom stereocenters. The largest absolute Gasteiger partial charge is 1.00 e. The molecule has 0 aliphatic heterocycles. The Morgan fingerprint density at radius 3 is 0.750 bits per heavy atom. The summed E-state index contributed by atoms with van der Waals surface area (Å²) in [5.41, 5.74) is 0. The second kappa shape index (κ2) is 15.9. The first-order chi connectivity index (χ1) is 0. The predicted molar refractivity (Wildman–Crippen MR) is 3.34 cm³/mol. The third-order valence-corrected chi connectivity index (χ3v) is 0. The standard InChI is InChI=1S/Mo.3Na.3H/q;3*+1;3*-1. The Morgan fingerprint density at radius 1 is 0.750 bits per heavy atom. The molecule has 0 aliphatic carbocycles. The topological polar surface area (TPSA) is 0 Å². The summed E-state index contributed by atoms with van der Waals surface area (Å²) in [5, 5.41) is 0. The van der Waals surface area contributed by atoms with Gasteiger partial charge in [0.25, 0.3) is 0 Å². The number of hydrogen-bond donors (Lipinski definition) is 0. The van der Waals surface area contributed by atoms with Gasteiger partial charge in [-0.2, -0.15) is 0 Å². The summed E-state index contributed by atoms with van der Waals surface area (Å²) in [6.07, 6.45) is 0. The fourth-order valence-corrected chi connectivity index (χ4v) is 0. The van der Waals surface area contributed by atoms with Gasteiger partial charge >= 0.3 is 88.7 Å². The average Bonchev–Trinajstić information content (AvgIpc) is 0. The first-order valence-electron chi connectivity index (χ1n) is 0. The molecule has 0 nitrogen and oxygen atoms in total. The second-order valence-corrected chi connectivity index (χ2v) is 0. The molecule has 0 aromatic heterocycles. The van der Waals surface area contributed by atoms with Gasteiger partial charge in [-0.05, 0) is 0 Å². The molecule has 0 fully saturated rings. The summed E-state index contributed by atoms with van der Waals surface area (Å²) in [6.45, 7) is 0. The Labute approximate surface area is 111 Å². The van der Waals surface area contributed by atoms with Crippen molar-refractivity contribution in [3.05, 3.63) is 0 Å². The van der Waals surface area contributed by atoms with E-state index in [4.69, 9.17) is 0 Å². The van der Waals surface area contributed by atoms with Gasteiger partial charge in [-0.3, -0.25) is 0 Å². The predicted octanol–water partition coefficient (Wildman–Crippen LogP) is -8.65. The summed E-state index contributed by atoms with van der Waals surface area (Å²) >= 11 is 0. The zero-order valence-electron chi connectivity index (χ0n) is 6.41. The van der Waals surface area contributed by atoms with E-state index in [1.165, 1.54) is 0 Å². The maximum absolute atomic E-state index is 0. The molecule has 0 aliphatic rings. The summed E-state index contributed by atoms with van der Waals surface area (Å²) in [5.74, 6) is 0. The van der Waals surface area contributed by atoms with Gasteiger partial charge in [0, 0.05) is 21.1 Å². The maximum Gasteiger partial charge on any atom is 1.00 e. The first kappa shape index (κ1) is 25.3. The Bertz CT molecular complexity index is 10.1. The summed E-state index contributed by atoms with van der Waals surface area (Å²) < 4.78 is 0. The van der Waals surface area contributed by atoms with E-state index in [1.54, 1.807) is 0 Å². The Hall–Kier alpha value is 3.69. The van der Waals surface area contributed by atoms with Crippen LogP contribution in [0.15, 0.2) is 0 Å². The van der Waals surface area contributed by atoms with Crippen LogP contribution in [0, 0.1) is 0 Å². The normalized spacial score (nSPS) is 0. The van der Waals surface area contributed by atoms with Gasteiger partial charge in [0.2, 0.25) is 0 Å². The molecular weight excluding hydrogens is 165 g/mol. The fourth-order valence-electron chi connectivity index (χ4n) is 0. The van der Waals surface area contributed by atoms with Gasteiger partial charge in [0.15, 0.2) is 0 Å². The van der Waals surface area contributed by atoms with Gasteiger partial charge in [-0.25, -0.2) is 0 Å². The molecule has 0 radical (unpaired) electrons. The summed E-state index contributed by atoms with van der Waals surface area (Å²) in [7, 11) is 0. The van der Waals surface area contributed by atoms with Crippen LogP contribution in [0.5, 0.6) is 0 Å². The van der Waals surface area contributed by atoms with E-state index in [0.29, 0.717) is 0 Å². The SMILES string of the molecule is [H-].[H-].[H-].[Mo].[Na+].[Na+].[Na+]. The van der Waals surface area contributed by atoms with Crippen molar-refractivity contribution in [1.29, 1.82) is 0 Å². The molecule has 0 heterocycles. The number of hydrogen-bond acceptors (Lipinski definition) is 0. The van der Waals surface area contributed by atoms with Crippen LogP contribution in [-0.4, -0.2) is 0 Å². The zero-order valence-corrected chi connectivity index (χ0v) is 11.4. The van der Waals surface area contributed by atoms with E-state index in [0.717, 1.165) is 0 Å². The van der Waals surface area contributed by atoms with Crippen molar-refractivity contribution in [2.24, 2.45) is 0 Å². The van der Waals surface area contributed by atoms with E-state index < -0.39 is 0 Å². The molecule has 0 saturated heterocycles. The minimum absolute atomic E-state index is 0. The second-order valence-electron chi connectivity index (χ2n) is 0. The van der Waals surface area contributed by atoms with Gasteiger partial charge in [0.05, 0.1) is 0 Å². The van der Waals surface area contributed by atoms with Crippen molar-refractivity contribution in [2.75, 3.05) is 0 Å². The van der Waals surface area contributed by atoms with E-state index in [1.807, 2.05) is 0 Å². The molecule has 4 heavy (non-hydrogen) atoms. The van der Waals surface area contributed by atoms with Crippen LogP contribution in [0.2, 0.25) is 0 Å². The summed E-state index contributed by atoms with van der Waals surface area (Å²) in [4.78, 5) is 0. The quantitative estimate of drug-likeness (QED) is 0.315. The van der Waals surface area contributed by atoms with Crippen LogP contribution >= 0.6 is 0 Å². The smallest absolute Gasteiger partial charge is 1.00 e. The van der Waals surface area contributed by atoms with Crippen LogP contribution in [0.4, 0.5) is 0 Å². The van der Waals surface area contributed by atoms with Gasteiger partial charge in [-0.15, -0.1) is 0 Å². The minimum atomic E-state index is 0. The van der Waals surface area contributed by atoms with Gasteiger partial charge in [-0.1, -0.05) is 0 Å². The van der Waals surface area contributed by atoms with Crippen LogP contribution in [0.3, 0.4) is 0 Å². The third kappa shape index (κ3) is 9.19. The van der Waals surface area contributed by atoms with Crippen molar-refractivity contribution in [3.63, 3.8) is 0 Å². The van der Waals surface area contributed by atoms with Gasteiger partial charge < -0.3 is 4.28 Å². The first-order valence-corrected chi connectivity index (χ1v) is 0. The van der Waals surface area contributed by atoms with E-state index >= 15 is 0 Å². The van der Waals surface area contributed by atoms with E-state index in [9.17, 15) is 0 Å². The zero-order chi connectivity index (χ0) is 0. The molecule has 12 valence electrons. The Morgan fingerprint density at radius 2 is 0.750 bits per heavy atom. The van der Waals surface area contributed by atoms with E-state index in [-0.39, 0.29) is 114 Å². The van der Waals surface area contributed by atoms with Crippen LogP contribution in [0.25, 0.3) is 0 Å². The van der Waals surface area contributed by atoms with Crippen molar-refractivity contribution in [1.82, 2.24) is 0 Å². The average molecular weight is 168 g/mol. The molecule has 0 amide bonds. The van der Waals surface area contributed by atoms with Gasteiger partial charge in [0.1, 0.15) is 0 Å². The van der Waals surface area contributed by atoms with Crippen LogP contribution in [-0.2, 0) is 21.1 Å². The molecule has 0 unspecified atom stereocenters. The molecule has 4 heteroatoms. The minimum Gasteiger partial charge on any atom is -1.00 e. The molecule has 0 aromatic rings. The monoisotopic (exact) mass is 170 g/mol. The van der Waals surface area contributed by atoms with E-state index in [2.05, 4.69) is 0 Å². The fraction of sp³-hybridized carbons (Fsp3) is 0. The maximum atomic E-state index is 0. The molecule has 0 bridgehead atoms. The van der Waals surface area contributed by atoms with Crippen molar-refractivity contribution in [2.45, 2.75) is 0 Å².